The summed E-state index contributed by atoms with van der Waals surface area (Å²) in [6, 6.07) is 16.4. The highest BCUT2D eigenvalue weighted by Crippen LogP contribution is 2.17. The molecule has 0 heterocycles. The molecule has 0 spiro atoms. The van der Waals surface area contributed by atoms with E-state index >= 15 is 0 Å². The summed E-state index contributed by atoms with van der Waals surface area (Å²) in [6.45, 7) is 3.65. The van der Waals surface area contributed by atoms with Gasteiger partial charge in [0.25, 0.3) is 0 Å². The average Bonchev–Trinajstić information content (AvgIpc) is 2.59. The number of nitrogens with one attached hydrogen (secondary N) is 2. The van der Waals surface area contributed by atoms with Gasteiger partial charge in [-0.1, -0.05) is 48.0 Å². The molecule has 2 aromatic rings. The Bertz CT molecular complexity index is 615. The highest BCUT2D eigenvalue weighted by Gasteiger charge is 2.10. The van der Waals surface area contributed by atoms with E-state index in [1.807, 2.05) is 31.3 Å². The zero-order valence-electron chi connectivity index (χ0n) is 14.4. The quantitative estimate of drug-likeness (QED) is 0.652. The Morgan fingerprint density at radius 3 is 2.46 bits per heavy atom. The number of hydrogen-bond acceptors (Lipinski definition) is 3. The molecule has 0 saturated carbocycles. The van der Waals surface area contributed by atoms with Gasteiger partial charge in [0.2, 0.25) is 0 Å². The standard InChI is InChI=1S/C20H27ClN2O/c1-15(12-17-8-6-16(7-9-17)10-11-22-2)23-14-20(24)18-4-3-5-19(21)13-18/h3-9,13,15,20,22-24H,10-12,14H2,1-2H3. The maximum Gasteiger partial charge on any atom is 0.0914 e. The van der Waals surface area contributed by atoms with Gasteiger partial charge in [-0.2, -0.15) is 0 Å². The molecule has 0 radical (unpaired) electrons. The number of aliphatic hydroxyl groups excluding tert-OH is 1. The lowest BCUT2D eigenvalue weighted by Gasteiger charge is -2.18. The lowest BCUT2D eigenvalue weighted by Crippen LogP contribution is -2.32. The van der Waals surface area contributed by atoms with Gasteiger partial charge in [0.05, 0.1) is 6.10 Å². The number of hydrogen-bond donors (Lipinski definition) is 3. The zero-order valence-corrected chi connectivity index (χ0v) is 15.2. The summed E-state index contributed by atoms with van der Waals surface area (Å²) < 4.78 is 0. The number of likely N-dealkylation sites (N-methyl/N-ethyl adjacent to an activating group) is 1. The van der Waals surface area contributed by atoms with Crippen LogP contribution in [0.3, 0.4) is 0 Å². The zero-order chi connectivity index (χ0) is 17.4. The van der Waals surface area contributed by atoms with E-state index in [4.69, 9.17) is 11.6 Å². The minimum Gasteiger partial charge on any atom is -0.387 e. The molecule has 24 heavy (non-hydrogen) atoms. The first-order valence-corrected chi connectivity index (χ1v) is 8.85. The average molecular weight is 347 g/mol. The van der Waals surface area contributed by atoms with Gasteiger partial charge in [-0.25, -0.2) is 0 Å². The summed E-state index contributed by atoms with van der Waals surface area (Å²) in [6.07, 6.45) is 1.44. The third-order valence-electron chi connectivity index (χ3n) is 4.12. The van der Waals surface area contributed by atoms with Crippen LogP contribution in [-0.4, -0.2) is 31.3 Å². The molecule has 3 N–H and O–H groups in total. The smallest absolute Gasteiger partial charge is 0.0914 e. The summed E-state index contributed by atoms with van der Waals surface area (Å²) in [5, 5.41) is 17.5. The van der Waals surface area contributed by atoms with Gasteiger partial charge in [-0.15, -0.1) is 0 Å². The molecule has 0 aromatic heterocycles. The van der Waals surface area contributed by atoms with E-state index in [-0.39, 0.29) is 0 Å². The molecule has 0 saturated heterocycles. The maximum atomic E-state index is 10.3. The van der Waals surface area contributed by atoms with Gasteiger partial charge in [-0.3, -0.25) is 0 Å². The highest BCUT2D eigenvalue weighted by molar-refractivity contribution is 6.30. The summed E-state index contributed by atoms with van der Waals surface area (Å²) in [5.41, 5.74) is 3.50. The lowest BCUT2D eigenvalue weighted by atomic mass is 10.0. The van der Waals surface area contributed by atoms with Crippen LogP contribution >= 0.6 is 11.6 Å². The fourth-order valence-electron chi connectivity index (χ4n) is 2.68. The first-order valence-electron chi connectivity index (χ1n) is 8.48. The molecule has 0 amide bonds. The van der Waals surface area contributed by atoms with Crippen molar-refractivity contribution in [2.45, 2.75) is 31.9 Å². The third kappa shape index (κ3) is 6.25. The van der Waals surface area contributed by atoms with Gasteiger partial charge in [0.1, 0.15) is 0 Å². The Balaban J connectivity index is 1.79. The molecule has 2 rings (SSSR count). The van der Waals surface area contributed by atoms with E-state index in [0.29, 0.717) is 17.6 Å². The summed E-state index contributed by atoms with van der Waals surface area (Å²) in [5.74, 6) is 0. The van der Waals surface area contributed by atoms with Crippen molar-refractivity contribution in [2.24, 2.45) is 0 Å². The lowest BCUT2D eigenvalue weighted by molar-refractivity contribution is 0.170. The van der Waals surface area contributed by atoms with Crippen LogP contribution in [0.1, 0.15) is 29.7 Å². The van der Waals surface area contributed by atoms with Crippen molar-refractivity contribution in [3.05, 3.63) is 70.2 Å². The number of rotatable bonds is 9. The van der Waals surface area contributed by atoms with Crippen molar-refractivity contribution >= 4 is 11.6 Å². The summed E-state index contributed by atoms with van der Waals surface area (Å²) >= 11 is 5.97. The topological polar surface area (TPSA) is 44.3 Å². The second-order valence-electron chi connectivity index (χ2n) is 6.25. The number of aliphatic hydroxyl groups is 1. The van der Waals surface area contributed by atoms with Crippen LogP contribution in [0.25, 0.3) is 0 Å². The highest BCUT2D eigenvalue weighted by atomic mass is 35.5. The van der Waals surface area contributed by atoms with Crippen molar-refractivity contribution < 1.29 is 5.11 Å². The van der Waals surface area contributed by atoms with Gasteiger partial charge in [0.15, 0.2) is 0 Å². The van der Waals surface area contributed by atoms with E-state index in [1.165, 1.54) is 11.1 Å². The molecule has 2 unspecified atom stereocenters. The Morgan fingerprint density at radius 1 is 1.08 bits per heavy atom. The fraction of sp³-hybridized carbons (Fsp3) is 0.400. The van der Waals surface area contributed by atoms with Crippen LogP contribution in [-0.2, 0) is 12.8 Å². The minimum atomic E-state index is -0.546. The van der Waals surface area contributed by atoms with E-state index < -0.39 is 6.10 Å². The summed E-state index contributed by atoms with van der Waals surface area (Å²) in [7, 11) is 1.97. The molecule has 4 heteroatoms. The maximum absolute atomic E-state index is 10.3. The van der Waals surface area contributed by atoms with Crippen molar-refractivity contribution in [1.29, 1.82) is 0 Å². The molecule has 0 aliphatic carbocycles. The normalized spacial score (nSPS) is 13.7. The molecule has 0 bridgehead atoms. The van der Waals surface area contributed by atoms with Gasteiger partial charge < -0.3 is 15.7 Å². The predicted molar refractivity (Wildman–Crippen MR) is 102 cm³/mol. The first-order chi connectivity index (χ1) is 11.6. The molecule has 2 atom stereocenters. The van der Waals surface area contributed by atoms with Crippen LogP contribution in [0, 0.1) is 0 Å². The molecule has 2 aromatic carbocycles. The second kappa shape index (κ2) is 9.80. The van der Waals surface area contributed by atoms with E-state index in [2.05, 4.69) is 41.8 Å². The molecule has 3 nitrogen and oxygen atoms in total. The van der Waals surface area contributed by atoms with Crippen LogP contribution in [0.2, 0.25) is 5.02 Å². The van der Waals surface area contributed by atoms with Crippen LogP contribution in [0.4, 0.5) is 0 Å². The predicted octanol–water partition coefficient (Wildman–Crippen LogP) is 3.36. The molecule has 0 aliphatic rings. The van der Waals surface area contributed by atoms with Gasteiger partial charge >= 0.3 is 0 Å². The van der Waals surface area contributed by atoms with E-state index in [9.17, 15) is 5.11 Å². The molecular formula is C20H27ClN2O. The first kappa shape index (κ1) is 18.9. The third-order valence-corrected chi connectivity index (χ3v) is 4.36. The molecule has 0 aliphatic heterocycles. The fourth-order valence-corrected chi connectivity index (χ4v) is 2.88. The number of benzene rings is 2. The minimum absolute atomic E-state index is 0.294. The van der Waals surface area contributed by atoms with Crippen molar-refractivity contribution in [1.82, 2.24) is 10.6 Å². The Kier molecular flexibility index (Phi) is 7.73. The van der Waals surface area contributed by atoms with E-state index in [1.54, 1.807) is 0 Å². The monoisotopic (exact) mass is 346 g/mol. The Labute approximate surface area is 150 Å². The Morgan fingerprint density at radius 2 is 1.79 bits per heavy atom. The SMILES string of the molecule is CNCCc1ccc(CC(C)NCC(O)c2cccc(Cl)c2)cc1. The number of halogens is 1. The van der Waals surface area contributed by atoms with Gasteiger partial charge in [0, 0.05) is 17.6 Å². The van der Waals surface area contributed by atoms with Crippen molar-refractivity contribution in [3.63, 3.8) is 0 Å². The largest absolute Gasteiger partial charge is 0.387 e. The molecular weight excluding hydrogens is 320 g/mol. The van der Waals surface area contributed by atoms with Crippen molar-refractivity contribution in [3.8, 4) is 0 Å². The van der Waals surface area contributed by atoms with Crippen LogP contribution in [0.15, 0.2) is 48.5 Å². The Hall–Kier alpha value is -1.39. The summed E-state index contributed by atoms with van der Waals surface area (Å²) in [4.78, 5) is 0. The van der Waals surface area contributed by atoms with Crippen LogP contribution < -0.4 is 10.6 Å². The second-order valence-corrected chi connectivity index (χ2v) is 6.69. The van der Waals surface area contributed by atoms with E-state index in [0.717, 1.165) is 24.9 Å². The molecule has 0 fully saturated rings. The molecule has 130 valence electrons. The van der Waals surface area contributed by atoms with Crippen molar-refractivity contribution in [2.75, 3.05) is 20.1 Å². The van der Waals surface area contributed by atoms with Crippen LogP contribution in [0.5, 0.6) is 0 Å². The van der Waals surface area contributed by atoms with Gasteiger partial charge in [-0.05, 0) is 62.2 Å².